The second-order valence-corrected chi connectivity index (χ2v) is 3.60. The van der Waals surface area contributed by atoms with Gasteiger partial charge in [-0.15, -0.1) is 0 Å². The third kappa shape index (κ3) is 6.66. The van der Waals surface area contributed by atoms with E-state index in [-0.39, 0.29) is 5.97 Å². The van der Waals surface area contributed by atoms with E-state index in [2.05, 4.69) is 26.1 Å². The molecular formula is C11H21NO2. The van der Waals surface area contributed by atoms with E-state index in [1.54, 1.807) is 13.0 Å². The van der Waals surface area contributed by atoms with Gasteiger partial charge in [0.05, 0.1) is 6.61 Å². The molecule has 1 atom stereocenters. The molecule has 0 saturated heterocycles. The summed E-state index contributed by atoms with van der Waals surface area (Å²) in [4.78, 5) is 10.9. The molecule has 0 heterocycles. The minimum Gasteiger partial charge on any atom is -0.463 e. The van der Waals surface area contributed by atoms with E-state index in [4.69, 9.17) is 4.74 Å². The third-order valence-corrected chi connectivity index (χ3v) is 2.10. The van der Waals surface area contributed by atoms with E-state index in [1.165, 1.54) is 6.08 Å². The van der Waals surface area contributed by atoms with Gasteiger partial charge in [0, 0.05) is 18.7 Å². The van der Waals surface area contributed by atoms with Gasteiger partial charge in [-0.05, 0) is 19.8 Å². The fraction of sp³-hybridized carbons (Fsp3) is 0.727. The molecule has 0 aliphatic carbocycles. The highest BCUT2D eigenvalue weighted by molar-refractivity contribution is 5.81. The summed E-state index contributed by atoms with van der Waals surface area (Å²) in [6.07, 6.45) is 3.25. The quantitative estimate of drug-likeness (QED) is 0.523. The summed E-state index contributed by atoms with van der Waals surface area (Å²) in [5.74, 6) is 0.331. The molecule has 0 aliphatic heterocycles. The Morgan fingerprint density at radius 1 is 1.43 bits per heavy atom. The Kier molecular flexibility index (Phi) is 7.11. The molecular weight excluding hydrogens is 178 g/mol. The van der Waals surface area contributed by atoms with Gasteiger partial charge in [-0.2, -0.15) is 0 Å². The molecule has 0 spiro atoms. The molecule has 1 N–H and O–H groups in total. The van der Waals surface area contributed by atoms with Crippen molar-refractivity contribution in [1.29, 1.82) is 0 Å². The van der Waals surface area contributed by atoms with Crippen LogP contribution in [0.2, 0.25) is 0 Å². The highest BCUT2D eigenvalue weighted by Gasteiger charge is 2.03. The van der Waals surface area contributed by atoms with Crippen LogP contribution >= 0.6 is 0 Å². The number of carbonyl (C=O) groups is 1. The van der Waals surface area contributed by atoms with Crippen molar-refractivity contribution in [3.63, 3.8) is 0 Å². The van der Waals surface area contributed by atoms with Crippen LogP contribution in [0.15, 0.2) is 12.2 Å². The molecule has 14 heavy (non-hydrogen) atoms. The monoisotopic (exact) mass is 199 g/mol. The van der Waals surface area contributed by atoms with Crippen molar-refractivity contribution in [3.8, 4) is 0 Å². The van der Waals surface area contributed by atoms with Crippen LogP contribution in [0.25, 0.3) is 0 Å². The maximum atomic E-state index is 10.9. The van der Waals surface area contributed by atoms with E-state index in [0.717, 1.165) is 0 Å². The van der Waals surface area contributed by atoms with Crippen LogP contribution < -0.4 is 5.32 Å². The number of esters is 1. The first-order valence-corrected chi connectivity index (χ1v) is 5.14. The number of ether oxygens (including phenoxy) is 1. The minimum absolute atomic E-state index is 0.272. The Morgan fingerprint density at radius 2 is 2.07 bits per heavy atom. The largest absolute Gasteiger partial charge is 0.463 e. The lowest BCUT2D eigenvalue weighted by atomic mass is 10.1. The van der Waals surface area contributed by atoms with Crippen LogP contribution in [0.3, 0.4) is 0 Å². The van der Waals surface area contributed by atoms with Crippen LogP contribution in [0, 0.1) is 5.92 Å². The van der Waals surface area contributed by atoms with Crippen molar-refractivity contribution >= 4 is 5.97 Å². The SMILES string of the molecule is CCOC(=O)/C=C/CNC(C)C(C)C. The predicted molar refractivity (Wildman–Crippen MR) is 58.1 cm³/mol. The zero-order valence-electron chi connectivity index (χ0n) is 9.54. The zero-order chi connectivity index (χ0) is 11.0. The van der Waals surface area contributed by atoms with Crippen molar-refractivity contribution in [2.75, 3.05) is 13.2 Å². The van der Waals surface area contributed by atoms with Crippen LogP contribution in [0.5, 0.6) is 0 Å². The molecule has 0 radical (unpaired) electrons. The lowest BCUT2D eigenvalue weighted by Crippen LogP contribution is -2.30. The Hall–Kier alpha value is -0.830. The Bertz CT molecular complexity index is 188. The molecule has 1 unspecified atom stereocenters. The molecule has 0 bridgehead atoms. The van der Waals surface area contributed by atoms with Crippen molar-refractivity contribution in [2.45, 2.75) is 33.7 Å². The van der Waals surface area contributed by atoms with Crippen molar-refractivity contribution in [2.24, 2.45) is 5.92 Å². The first-order valence-electron chi connectivity index (χ1n) is 5.14. The van der Waals surface area contributed by atoms with Crippen LogP contribution in [-0.4, -0.2) is 25.2 Å². The van der Waals surface area contributed by atoms with Crippen LogP contribution in [0.1, 0.15) is 27.7 Å². The van der Waals surface area contributed by atoms with Gasteiger partial charge >= 0.3 is 5.97 Å². The van der Waals surface area contributed by atoms with E-state index in [0.29, 0.717) is 25.1 Å². The number of hydrogen-bond donors (Lipinski definition) is 1. The molecule has 0 saturated carbocycles. The fourth-order valence-electron chi connectivity index (χ4n) is 0.835. The average molecular weight is 199 g/mol. The maximum Gasteiger partial charge on any atom is 0.330 e. The summed E-state index contributed by atoms with van der Waals surface area (Å²) < 4.78 is 4.74. The molecule has 0 amide bonds. The van der Waals surface area contributed by atoms with Gasteiger partial charge in [-0.25, -0.2) is 4.79 Å². The van der Waals surface area contributed by atoms with Gasteiger partial charge in [-0.1, -0.05) is 19.9 Å². The highest BCUT2D eigenvalue weighted by atomic mass is 16.5. The Balaban J connectivity index is 3.57. The summed E-state index contributed by atoms with van der Waals surface area (Å²) in [6.45, 7) is 9.38. The first-order chi connectivity index (χ1) is 6.57. The van der Waals surface area contributed by atoms with E-state index in [9.17, 15) is 4.79 Å². The van der Waals surface area contributed by atoms with Crippen LogP contribution in [-0.2, 0) is 9.53 Å². The lowest BCUT2D eigenvalue weighted by Gasteiger charge is -2.15. The number of carbonyl (C=O) groups excluding carboxylic acids is 1. The molecule has 3 nitrogen and oxygen atoms in total. The number of rotatable bonds is 6. The first kappa shape index (κ1) is 13.2. The summed E-state index contributed by atoms with van der Waals surface area (Å²) in [5, 5.41) is 3.28. The van der Waals surface area contributed by atoms with Crippen LogP contribution in [0.4, 0.5) is 0 Å². The molecule has 3 heteroatoms. The third-order valence-electron chi connectivity index (χ3n) is 2.10. The summed E-state index contributed by atoms with van der Waals surface area (Å²) in [7, 11) is 0. The number of hydrogen-bond acceptors (Lipinski definition) is 3. The smallest absolute Gasteiger partial charge is 0.330 e. The second kappa shape index (κ2) is 7.56. The average Bonchev–Trinajstić information content (AvgIpc) is 2.12. The molecule has 0 aromatic rings. The molecule has 0 aromatic carbocycles. The fourth-order valence-corrected chi connectivity index (χ4v) is 0.835. The van der Waals surface area contributed by atoms with Crippen molar-refractivity contribution in [1.82, 2.24) is 5.32 Å². The number of nitrogens with one attached hydrogen (secondary N) is 1. The molecule has 0 fully saturated rings. The highest BCUT2D eigenvalue weighted by Crippen LogP contribution is 1.98. The zero-order valence-corrected chi connectivity index (χ0v) is 9.54. The van der Waals surface area contributed by atoms with E-state index >= 15 is 0 Å². The minimum atomic E-state index is -0.272. The summed E-state index contributed by atoms with van der Waals surface area (Å²) >= 11 is 0. The van der Waals surface area contributed by atoms with Gasteiger partial charge in [0.1, 0.15) is 0 Å². The van der Waals surface area contributed by atoms with Gasteiger partial charge in [0.25, 0.3) is 0 Å². The molecule has 0 aromatic heterocycles. The molecule has 82 valence electrons. The maximum absolute atomic E-state index is 10.9. The Labute approximate surface area is 86.5 Å². The topological polar surface area (TPSA) is 38.3 Å². The van der Waals surface area contributed by atoms with Crippen molar-refractivity contribution in [3.05, 3.63) is 12.2 Å². The Morgan fingerprint density at radius 3 is 2.57 bits per heavy atom. The predicted octanol–water partition coefficient (Wildman–Crippen LogP) is 1.74. The standard InChI is InChI=1S/C11H21NO2/c1-5-14-11(13)7-6-8-12-10(4)9(2)3/h6-7,9-10,12H,5,8H2,1-4H3/b7-6+. The van der Waals surface area contributed by atoms with E-state index in [1.807, 2.05) is 0 Å². The van der Waals surface area contributed by atoms with E-state index < -0.39 is 0 Å². The second-order valence-electron chi connectivity index (χ2n) is 3.60. The van der Waals surface area contributed by atoms with Gasteiger partial charge < -0.3 is 10.1 Å². The van der Waals surface area contributed by atoms with Crippen molar-refractivity contribution < 1.29 is 9.53 Å². The summed E-state index contributed by atoms with van der Waals surface area (Å²) in [6, 6.07) is 0.460. The van der Waals surface area contributed by atoms with Gasteiger partial charge in [0.2, 0.25) is 0 Å². The van der Waals surface area contributed by atoms with Gasteiger partial charge in [-0.3, -0.25) is 0 Å². The molecule has 0 aliphatic rings. The molecule has 0 rings (SSSR count). The summed E-state index contributed by atoms with van der Waals surface area (Å²) in [5.41, 5.74) is 0. The lowest BCUT2D eigenvalue weighted by molar-refractivity contribution is -0.137. The normalized spacial score (nSPS) is 13.5. The van der Waals surface area contributed by atoms with Gasteiger partial charge in [0.15, 0.2) is 0 Å².